The molecular formula is C8H15NO2. The standard InChI is InChI=1S/C8H15NO2/c1-5-7(11)6(10)4-9-8(5)2-3-8/h5-7,9-11H,2-4H2,1H3/t5?,6-,7-/m1/s1. The van der Waals surface area contributed by atoms with Crippen LogP contribution >= 0.6 is 0 Å². The normalized spacial score (nSPS) is 47.7. The van der Waals surface area contributed by atoms with Gasteiger partial charge >= 0.3 is 0 Å². The molecule has 3 atom stereocenters. The number of hydrogen-bond acceptors (Lipinski definition) is 3. The van der Waals surface area contributed by atoms with Crippen LogP contribution in [0.5, 0.6) is 0 Å². The van der Waals surface area contributed by atoms with Gasteiger partial charge < -0.3 is 15.5 Å². The molecule has 0 bridgehead atoms. The summed E-state index contributed by atoms with van der Waals surface area (Å²) in [4.78, 5) is 0. The number of aliphatic hydroxyl groups is 2. The van der Waals surface area contributed by atoms with Gasteiger partial charge in [0.25, 0.3) is 0 Å². The third-order valence-corrected chi connectivity index (χ3v) is 3.23. The highest BCUT2D eigenvalue weighted by Crippen LogP contribution is 2.45. The van der Waals surface area contributed by atoms with Crippen LogP contribution in [0, 0.1) is 5.92 Å². The van der Waals surface area contributed by atoms with E-state index in [2.05, 4.69) is 5.32 Å². The second kappa shape index (κ2) is 2.19. The SMILES string of the molecule is CC1[C@@H](O)[C@H](O)CNC12CC2. The largest absolute Gasteiger partial charge is 0.390 e. The van der Waals surface area contributed by atoms with E-state index in [-0.39, 0.29) is 11.5 Å². The molecule has 2 aliphatic rings. The zero-order valence-corrected chi connectivity index (χ0v) is 6.75. The van der Waals surface area contributed by atoms with Crippen molar-refractivity contribution in [3.05, 3.63) is 0 Å². The van der Waals surface area contributed by atoms with E-state index in [1.54, 1.807) is 0 Å². The van der Waals surface area contributed by atoms with Crippen LogP contribution in [-0.4, -0.2) is 34.5 Å². The third kappa shape index (κ3) is 0.991. The fourth-order valence-corrected chi connectivity index (χ4v) is 2.02. The maximum absolute atomic E-state index is 9.53. The monoisotopic (exact) mass is 157 g/mol. The van der Waals surface area contributed by atoms with E-state index < -0.39 is 12.2 Å². The Morgan fingerprint density at radius 2 is 2.00 bits per heavy atom. The molecule has 3 N–H and O–H groups in total. The molecule has 0 aromatic rings. The third-order valence-electron chi connectivity index (χ3n) is 3.23. The van der Waals surface area contributed by atoms with Crippen molar-refractivity contribution in [2.45, 2.75) is 37.5 Å². The lowest BCUT2D eigenvalue weighted by Gasteiger charge is -2.37. The molecule has 0 aromatic carbocycles. The Morgan fingerprint density at radius 3 is 2.55 bits per heavy atom. The highest BCUT2D eigenvalue weighted by Gasteiger charge is 2.53. The molecule has 3 heteroatoms. The van der Waals surface area contributed by atoms with Crippen molar-refractivity contribution in [2.24, 2.45) is 5.92 Å². The molecule has 1 heterocycles. The van der Waals surface area contributed by atoms with Crippen LogP contribution in [0.4, 0.5) is 0 Å². The van der Waals surface area contributed by atoms with E-state index in [1.165, 1.54) is 0 Å². The van der Waals surface area contributed by atoms with Crippen LogP contribution in [0.3, 0.4) is 0 Å². The Labute approximate surface area is 66.4 Å². The van der Waals surface area contributed by atoms with Gasteiger partial charge in [-0.05, 0) is 12.8 Å². The summed E-state index contributed by atoms with van der Waals surface area (Å²) in [6, 6.07) is 0. The van der Waals surface area contributed by atoms with Crippen molar-refractivity contribution < 1.29 is 10.2 Å². The number of piperidine rings is 1. The predicted octanol–water partition coefficient (Wildman–Crippen LogP) is -0.520. The van der Waals surface area contributed by atoms with Gasteiger partial charge in [-0.3, -0.25) is 0 Å². The van der Waals surface area contributed by atoms with E-state index in [0.29, 0.717) is 6.54 Å². The summed E-state index contributed by atoms with van der Waals surface area (Å²) in [6.45, 7) is 2.55. The first-order chi connectivity index (χ1) is 5.16. The van der Waals surface area contributed by atoms with Gasteiger partial charge in [0, 0.05) is 18.0 Å². The smallest absolute Gasteiger partial charge is 0.0926 e. The van der Waals surface area contributed by atoms with Crippen molar-refractivity contribution in [2.75, 3.05) is 6.54 Å². The zero-order valence-electron chi connectivity index (χ0n) is 6.75. The average Bonchev–Trinajstić information content (AvgIpc) is 2.76. The number of hydrogen-bond donors (Lipinski definition) is 3. The molecule has 1 aliphatic carbocycles. The Bertz CT molecular complexity index is 167. The fraction of sp³-hybridized carbons (Fsp3) is 1.00. The Morgan fingerprint density at radius 1 is 1.36 bits per heavy atom. The Kier molecular flexibility index (Phi) is 1.50. The molecule has 3 nitrogen and oxygen atoms in total. The van der Waals surface area contributed by atoms with Crippen molar-refractivity contribution in [1.82, 2.24) is 5.32 Å². The second-order valence-corrected chi connectivity index (χ2v) is 3.88. The van der Waals surface area contributed by atoms with Gasteiger partial charge in [0.2, 0.25) is 0 Å². The maximum atomic E-state index is 9.53. The molecule has 1 spiro atoms. The Balaban J connectivity index is 2.09. The molecule has 2 fully saturated rings. The average molecular weight is 157 g/mol. The van der Waals surface area contributed by atoms with Crippen molar-refractivity contribution in [3.63, 3.8) is 0 Å². The Hall–Kier alpha value is -0.120. The van der Waals surface area contributed by atoms with E-state index in [0.717, 1.165) is 12.8 Å². The first-order valence-electron chi connectivity index (χ1n) is 4.27. The molecule has 0 amide bonds. The second-order valence-electron chi connectivity index (χ2n) is 3.88. The number of aliphatic hydroxyl groups excluding tert-OH is 2. The van der Waals surface area contributed by atoms with Crippen LogP contribution in [0.25, 0.3) is 0 Å². The zero-order chi connectivity index (χ0) is 8.06. The minimum Gasteiger partial charge on any atom is -0.390 e. The fourth-order valence-electron chi connectivity index (χ4n) is 2.02. The maximum Gasteiger partial charge on any atom is 0.0926 e. The van der Waals surface area contributed by atoms with Gasteiger partial charge in [0.05, 0.1) is 12.2 Å². The summed E-state index contributed by atoms with van der Waals surface area (Å²) >= 11 is 0. The molecule has 64 valence electrons. The van der Waals surface area contributed by atoms with Gasteiger partial charge in [-0.2, -0.15) is 0 Å². The minimum absolute atomic E-state index is 0.179. The lowest BCUT2D eigenvalue weighted by molar-refractivity contribution is -0.0511. The van der Waals surface area contributed by atoms with Gasteiger partial charge in [-0.25, -0.2) is 0 Å². The van der Waals surface area contributed by atoms with E-state index in [9.17, 15) is 10.2 Å². The quantitative estimate of drug-likeness (QED) is 0.443. The molecule has 11 heavy (non-hydrogen) atoms. The summed E-state index contributed by atoms with van der Waals surface area (Å²) in [5.74, 6) is 0.200. The molecule has 0 radical (unpaired) electrons. The van der Waals surface area contributed by atoms with Crippen LogP contribution in [0.15, 0.2) is 0 Å². The summed E-state index contributed by atoms with van der Waals surface area (Å²) in [6.07, 6.45) is 1.20. The molecule has 1 saturated heterocycles. The summed E-state index contributed by atoms with van der Waals surface area (Å²) in [5, 5.41) is 22.1. The molecule has 2 rings (SSSR count). The first-order valence-corrected chi connectivity index (χ1v) is 4.27. The summed E-state index contributed by atoms with van der Waals surface area (Å²) in [5.41, 5.74) is 0.179. The van der Waals surface area contributed by atoms with Crippen LogP contribution in [0.1, 0.15) is 19.8 Å². The van der Waals surface area contributed by atoms with Crippen molar-refractivity contribution in [1.29, 1.82) is 0 Å². The van der Waals surface area contributed by atoms with Gasteiger partial charge in [-0.1, -0.05) is 6.92 Å². The van der Waals surface area contributed by atoms with Crippen LogP contribution in [0.2, 0.25) is 0 Å². The van der Waals surface area contributed by atoms with Gasteiger partial charge in [0.1, 0.15) is 0 Å². The van der Waals surface area contributed by atoms with Crippen LogP contribution < -0.4 is 5.32 Å². The first kappa shape index (κ1) is 7.53. The molecule has 1 saturated carbocycles. The molecule has 0 aromatic heterocycles. The minimum atomic E-state index is -0.573. The number of nitrogens with one attached hydrogen (secondary N) is 1. The van der Waals surface area contributed by atoms with Crippen molar-refractivity contribution in [3.8, 4) is 0 Å². The molecular weight excluding hydrogens is 142 g/mol. The number of rotatable bonds is 0. The lowest BCUT2D eigenvalue weighted by Crippen LogP contribution is -2.57. The van der Waals surface area contributed by atoms with Gasteiger partial charge in [-0.15, -0.1) is 0 Å². The van der Waals surface area contributed by atoms with E-state index in [4.69, 9.17) is 0 Å². The molecule has 1 aliphatic heterocycles. The van der Waals surface area contributed by atoms with Crippen molar-refractivity contribution >= 4 is 0 Å². The van der Waals surface area contributed by atoms with Crippen LogP contribution in [-0.2, 0) is 0 Å². The highest BCUT2D eigenvalue weighted by molar-refractivity contribution is 5.11. The highest BCUT2D eigenvalue weighted by atomic mass is 16.3. The summed E-state index contributed by atoms with van der Waals surface area (Å²) < 4.78 is 0. The topological polar surface area (TPSA) is 52.5 Å². The summed E-state index contributed by atoms with van der Waals surface area (Å²) in [7, 11) is 0. The molecule has 1 unspecified atom stereocenters. The van der Waals surface area contributed by atoms with E-state index in [1.807, 2.05) is 6.92 Å². The lowest BCUT2D eigenvalue weighted by atomic mass is 9.86. The number of β-amino-alcohol motifs (C(OH)–C–C–N with tert-alkyl or cyclic N) is 1. The van der Waals surface area contributed by atoms with Gasteiger partial charge in [0.15, 0.2) is 0 Å². The van der Waals surface area contributed by atoms with E-state index >= 15 is 0 Å². The predicted molar refractivity (Wildman–Crippen MR) is 41.1 cm³/mol.